The molecule has 0 amide bonds. The topological polar surface area (TPSA) is 87.5 Å². The molecule has 2 aliphatic rings. The van der Waals surface area contributed by atoms with E-state index >= 15 is 0 Å². The van der Waals surface area contributed by atoms with E-state index in [9.17, 15) is 9.59 Å². The number of anilines is 1. The van der Waals surface area contributed by atoms with Gasteiger partial charge in [0.1, 0.15) is 6.54 Å². The maximum atomic E-state index is 12.5. The van der Waals surface area contributed by atoms with Crippen LogP contribution >= 0.6 is 11.6 Å². The van der Waals surface area contributed by atoms with Crippen molar-refractivity contribution in [1.82, 2.24) is 14.5 Å². The van der Waals surface area contributed by atoms with Crippen LogP contribution in [0.25, 0.3) is 0 Å². The summed E-state index contributed by atoms with van der Waals surface area (Å²) >= 11 is 6.09. The Balaban J connectivity index is 1.72. The van der Waals surface area contributed by atoms with E-state index < -0.39 is 18.1 Å². The third kappa shape index (κ3) is 4.52. The minimum absolute atomic E-state index is 0.133. The van der Waals surface area contributed by atoms with Crippen molar-refractivity contribution >= 4 is 23.4 Å². The lowest BCUT2D eigenvalue weighted by atomic mass is 10.0. The monoisotopic (exact) mass is 368 g/mol. The average molecular weight is 369 g/mol. The second-order valence-corrected chi connectivity index (χ2v) is 7.45. The van der Waals surface area contributed by atoms with E-state index in [2.05, 4.69) is 15.2 Å². The number of likely N-dealkylation sites (tertiary alicyclic amines) is 1. The van der Waals surface area contributed by atoms with Gasteiger partial charge in [0.15, 0.2) is 11.0 Å². The van der Waals surface area contributed by atoms with E-state index in [0.29, 0.717) is 18.3 Å². The zero-order valence-electron chi connectivity index (χ0n) is 14.5. The van der Waals surface area contributed by atoms with Crippen molar-refractivity contribution in [3.05, 3.63) is 21.2 Å². The van der Waals surface area contributed by atoms with Gasteiger partial charge >= 0.3 is 5.97 Å². The Kier molecular flexibility index (Phi) is 5.64. The number of rotatable bonds is 7. The Morgan fingerprint density at radius 3 is 2.80 bits per heavy atom. The number of aromatic nitrogens is 2. The third-order valence-electron chi connectivity index (χ3n) is 5.10. The molecule has 25 heavy (non-hydrogen) atoms. The number of carbonyl (C=O) groups is 1. The fourth-order valence-electron chi connectivity index (χ4n) is 3.44. The van der Waals surface area contributed by atoms with Crippen LogP contribution in [0.15, 0.2) is 4.79 Å². The van der Waals surface area contributed by atoms with Crippen molar-refractivity contribution < 1.29 is 9.90 Å². The molecule has 138 valence electrons. The minimum atomic E-state index is -1.08. The molecule has 1 aliphatic heterocycles. The number of halogens is 1. The molecule has 1 saturated carbocycles. The molecule has 1 atom stereocenters. The quantitative estimate of drug-likeness (QED) is 0.765. The summed E-state index contributed by atoms with van der Waals surface area (Å²) < 4.78 is 1.16. The molecule has 0 spiro atoms. The summed E-state index contributed by atoms with van der Waals surface area (Å²) in [4.78, 5) is 30.2. The first-order valence-corrected chi connectivity index (χ1v) is 9.30. The maximum absolute atomic E-state index is 12.5. The van der Waals surface area contributed by atoms with Gasteiger partial charge in [0.2, 0.25) is 0 Å². The Hall–Kier alpha value is -1.60. The number of piperidine rings is 1. The normalized spacial score (nSPS) is 21.3. The molecule has 2 heterocycles. The number of hydrogen-bond donors (Lipinski definition) is 2. The number of nitrogens with zero attached hydrogens (tertiary/aromatic N) is 3. The number of aliphatic carboxylic acids is 1. The molecule has 0 unspecified atom stereocenters. The Labute approximate surface area is 152 Å². The number of hydrogen-bond acceptors (Lipinski definition) is 5. The summed E-state index contributed by atoms with van der Waals surface area (Å²) in [5.74, 6) is -0.115. The highest BCUT2D eigenvalue weighted by Crippen LogP contribution is 2.32. The van der Waals surface area contributed by atoms with Gasteiger partial charge in [-0.05, 0) is 45.1 Å². The molecule has 0 aromatic carbocycles. The van der Waals surface area contributed by atoms with E-state index in [0.717, 1.165) is 30.0 Å². The first kappa shape index (κ1) is 18.2. The van der Waals surface area contributed by atoms with E-state index in [-0.39, 0.29) is 11.0 Å². The number of nitrogens with one attached hydrogen (secondary N) is 1. The van der Waals surface area contributed by atoms with Crippen LogP contribution in [0.3, 0.4) is 0 Å². The molecular formula is C17H25ClN4O3. The Bertz CT molecular complexity index is 702. The molecular weight excluding hydrogens is 344 g/mol. The maximum Gasteiger partial charge on any atom is 0.323 e. The first-order valence-electron chi connectivity index (χ1n) is 8.92. The van der Waals surface area contributed by atoms with Gasteiger partial charge in [0, 0.05) is 19.1 Å². The van der Waals surface area contributed by atoms with E-state index in [4.69, 9.17) is 16.7 Å². The molecule has 0 radical (unpaired) electrons. The van der Waals surface area contributed by atoms with Crippen LogP contribution in [0, 0.1) is 12.8 Å². The summed E-state index contributed by atoms with van der Waals surface area (Å²) in [5, 5.41) is 12.3. The van der Waals surface area contributed by atoms with Gasteiger partial charge in [-0.25, -0.2) is 4.98 Å². The van der Waals surface area contributed by atoms with Crippen LogP contribution < -0.4 is 10.9 Å². The fourth-order valence-corrected chi connectivity index (χ4v) is 3.62. The Morgan fingerprint density at radius 2 is 2.12 bits per heavy atom. The summed E-state index contributed by atoms with van der Waals surface area (Å²) in [7, 11) is 0. The summed E-state index contributed by atoms with van der Waals surface area (Å²) in [5.41, 5.74) is -0.0681. The van der Waals surface area contributed by atoms with E-state index in [1.807, 2.05) is 0 Å². The highest BCUT2D eigenvalue weighted by Gasteiger charge is 2.29. The minimum Gasteiger partial charge on any atom is -0.480 e. The standard InChI is InChI=1S/C17H25ClN4O3/c1-11-15(18)20-16(17(25)22(11)10-14(23)24)19-8-13-4-2-3-7-21(13)9-12-5-6-12/h12-13H,2-10H2,1H3,(H,19,20)(H,23,24)/t13-/m1/s1. The molecule has 1 saturated heterocycles. The second-order valence-electron chi connectivity index (χ2n) is 7.09. The lowest BCUT2D eigenvalue weighted by molar-refractivity contribution is -0.137. The van der Waals surface area contributed by atoms with Crippen LogP contribution in [0.2, 0.25) is 5.15 Å². The molecule has 0 bridgehead atoms. The first-order chi connectivity index (χ1) is 12.0. The average Bonchev–Trinajstić information content (AvgIpc) is 3.39. The van der Waals surface area contributed by atoms with Crippen LogP contribution in [0.4, 0.5) is 5.82 Å². The summed E-state index contributed by atoms with van der Waals surface area (Å²) in [6.07, 6.45) is 6.17. The molecule has 8 heteroatoms. The highest BCUT2D eigenvalue weighted by atomic mass is 35.5. The number of carboxylic acids is 1. The fraction of sp³-hybridized carbons (Fsp3) is 0.706. The Morgan fingerprint density at radius 1 is 1.36 bits per heavy atom. The van der Waals surface area contributed by atoms with Gasteiger partial charge in [-0.3, -0.25) is 19.1 Å². The zero-order valence-corrected chi connectivity index (χ0v) is 15.3. The predicted octanol–water partition coefficient (Wildman–Crippen LogP) is 1.97. The highest BCUT2D eigenvalue weighted by molar-refractivity contribution is 6.30. The molecule has 2 N–H and O–H groups in total. The molecule has 1 aliphatic carbocycles. The van der Waals surface area contributed by atoms with Crippen molar-refractivity contribution in [1.29, 1.82) is 0 Å². The van der Waals surface area contributed by atoms with Gasteiger partial charge in [-0.2, -0.15) is 0 Å². The molecule has 7 nitrogen and oxygen atoms in total. The lowest BCUT2D eigenvalue weighted by Crippen LogP contribution is -2.45. The van der Waals surface area contributed by atoms with Gasteiger partial charge < -0.3 is 10.4 Å². The van der Waals surface area contributed by atoms with Crippen LogP contribution in [0.1, 0.15) is 37.8 Å². The smallest absolute Gasteiger partial charge is 0.323 e. The molecule has 1 aromatic heterocycles. The van der Waals surface area contributed by atoms with Crippen molar-refractivity contribution in [2.24, 2.45) is 5.92 Å². The van der Waals surface area contributed by atoms with Crippen LogP contribution in [0.5, 0.6) is 0 Å². The third-order valence-corrected chi connectivity index (χ3v) is 5.46. The summed E-state index contributed by atoms with van der Waals surface area (Å²) in [6.45, 7) is 4.05. The van der Waals surface area contributed by atoms with Gasteiger partial charge in [-0.15, -0.1) is 0 Å². The van der Waals surface area contributed by atoms with E-state index in [1.54, 1.807) is 6.92 Å². The van der Waals surface area contributed by atoms with Gasteiger partial charge in [-0.1, -0.05) is 18.0 Å². The molecule has 3 rings (SSSR count). The van der Waals surface area contributed by atoms with Crippen LogP contribution in [-0.2, 0) is 11.3 Å². The van der Waals surface area contributed by atoms with Crippen molar-refractivity contribution in [3.63, 3.8) is 0 Å². The zero-order chi connectivity index (χ0) is 18.0. The van der Waals surface area contributed by atoms with Crippen molar-refractivity contribution in [2.45, 2.75) is 51.6 Å². The number of carboxylic acid groups (broad SMARTS) is 1. The SMILES string of the molecule is Cc1c(Cl)nc(NC[C@H]2CCCCN2CC2CC2)c(=O)n1CC(=O)O. The van der Waals surface area contributed by atoms with Crippen LogP contribution in [-0.4, -0.2) is 51.2 Å². The van der Waals surface area contributed by atoms with Crippen molar-refractivity contribution in [2.75, 3.05) is 25.0 Å². The largest absolute Gasteiger partial charge is 0.480 e. The summed E-state index contributed by atoms with van der Waals surface area (Å²) in [6, 6.07) is 0.378. The lowest BCUT2D eigenvalue weighted by Gasteiger charge is -2.36. The predicted molar refractivity (Wildman–Crippen MR) is 96.3 cm³/mol. The second kappa shape index (κ2) is 7.74. The molecule has 2 fully saturated rings. The van der Waals surface area contributed by atoms with Gasteiger partial charge in [0.05, 0.1) is 5.69 Å². The van der Waals surface area contributed by atoms with Gasteiger partial charge in [0.25, 0.3) is 5.56 Å². The molecule has 1 aromatic rings. The van der Waals surface area contributed by atoms with E-state index in [1.165, 1.54) is 25.7 Å². The van der Waals surface area contributed by atoms with Crippen molar-refractivity contribution in [3.8, 4) is 0 Å².